The Bertz CT molecular complexity index is 520. The number of nitrogens with two attached hydrogens (primary N) is 1. The Morgan fingerprint density at radius 3 is 2.67 bits per heavy atom. The number of fused-ring (bicyclic) bond motifs is 1. The van der Waals surface area contributed by atoms with Crippen LogP contribution >= 0.6 is 0 Å². The van der Waals surface area contributed by atoms with E-state index in [-0.39, 0.29) is 17.5 Å². The Morgan fingerprint density at radius 1 is 1.40 bits per heavy atom. The standard InChI is InChI=1S/C10H10F2N2O/c1-4(2)5-3-6(11)7(12)9-8(5)14-10(13)15-9/h3-4H,1-2H3,(H2,13,14). The molecule has 15 heavy (non-hydrogen) atoms. The summed E-state index contributed by atoms with van der Waals surface area (Å²) in [5.41, 5.74) is 5.98. The van der Waals surface area contributed by atoms with Gasteiger partial charge in [0.15, 0.2) is 11.4 Å². The van der Waals surface area contributed by atoms with Gasteiger partial charge in [-0.3, -0.25) is 0 Å². The zero-order chi connectivity index (χ0) is 11.2. The molecule has 1 aromatic carbocycles. The molecule has 0 spiro atoms. The van der Waals surface area contributed by atoms with Gasteiger partial charge in [0.1, 0.15) is 5.52 Å². The van der Waals surface area contributed by atoms with E-state index in [0.29, 0.717) is 11.1 Å². The fourth-order valence-corrected chi connectivity index (χ4v) is 1.50. The number of benzene rings is 1. The first-order valence-electron chi connectivity index (χ1n) is 4.54. The maximum atomic E-state index is 13.3. The Morgan fingerprint density at radius 2 is 2.07 bits per heavy atom. The Kier molecular flexibility index (Phi) is 2.10. The second-order valence-corrected chi connectivity index (χ2v) is 3.65. The summed E-state index contributed by atoms with van der Waals surface area (Å²) in [6.07, 6.45) is 0. The third kappa shape index (κ3) is 1.44. The zero-order valence-corrected chi connectivity index (χ0v) is 8.34. The van der Waals surface area contributed by atoms with Gasteiger partial charge in [-0.15, -0.1) is 0 Å². The van der Waals surface area contributed by atoms with Crippen molar-refractivity contribution < 1.29 is 13.2 Å². The molecule has 0 radical (unpaired) electrons. The van der Waals surface area contributed by atoms with Crippen molar-refractivity contribution in [3.05, 3.63) is 23.3 Å². The fraction of sp³-hybridized carbons (Fsp3) is 0.300. The number of rotatable bonds is 1. The number of oxazole rings is 1. The van der Waals surface area contributed by atoms with Crippen molar-refractivity contribution in [1.82, 2.24) is 4.98 Å². The number of hydrogen-bond acceptors (Lipinski definition) is 3. The average Bonchev–Trinajstić information content (AvgIpc) is 2.53. The molecule has 0 amide bonds. The zero-order valence-electron chi connectivity index (χ0n) is 8.34. The summed E-state index contributed by atoms with van der Waals surface area (Å²) in [6.45, 7) is 3.72. The molecule has 0 unspecified atom stereocenters. The predicted molar refractivity (Wildman–Crippen MR) is 52.4 cm³/mol. The normalized spacial score (nSPS) is 11.5. The van der Waals surface area contributed by atoms with E-state index in [0.717, 1.165) is 6.07 Å². The summed E-state index contributed by atoms with van der Waals surface area (Å²) in [7, 11) is 0. The minimum absolute atomic E-state index is 0.0205. The minimum Gasteiger partial charge on any atom is -0.420 e. The van der Waals surface area contributed by atoms with Gasteiger partial charge >= 0.3 is 0 Å². The van der Waals surface area contributed by atoms with Crippen LogP contribution in [0.15, 0.2) is 10.5 Å². The van der Waals surface area contributed by atoms with Crippen LogP contribution in [0.4, 0.5) is 14.8 Å². The molecule has 1 aromatic heterocycles. The second kappa shape index (κ2) is 3.18. The van der Waals surface area contributed by atoms with Gasteiger partial charge in [-0.05, 0) is 17.5 Å². The van der Waals surface area contributed by atoms with Gasteiger partial charge in [-0.25, -0.2) is 4.39 Å². The highest BCUT2D eigenvalue weighted by Crippen LogP contribution is 2.30. The number of nitrogen functional groups attached to an aromatic ring is 1. The highest BCUT2D eigenvalue weighted by Gasteiger charge is 2.19. The van der Waals surface area contributed by atoms with Crippen LogP contribution in [0.3, 0.4) is 0 Å². The maximum absolute atomic E-state index is 13.3. The van der Waals surface area contributed by atoms with Crippen LogP contribution in [0, 0.1) is 11.6 Å². The van der Waals surface area contributed by atoms with Crippen LogP contribution in [0.5, 0.6) is 0 Å². The summed E-state index contributed by atoms with van der Waals surface area (Å²) in [5.74, 6) is -1.96. The molecule has 0 atom stereocenters. The molecule has 0 aliphatic carbocycles. The van der Waals surface area contributed by atoms with E-state index < -0.39 is 11.6 Å². The molecule has 0 fully saturated rings. The molecule has 2 rings (SSSR count). The Balaban J connectivity index is 2.87. The molecular formula is C10H10F2N2O. The van der Waals surface area contributed by atoms with Crippen LogP contribution in [0.2, 0.25) is 0 Å². The monoisotopic (exact) mass is 212 g/mol. The van der Waals surface area contributed by atoms with E-state index in [4.69, 9.17) is 10.2 Å². The van der Waals surface area contributed by atoms with E-state index >= 15 is 0 Å². The van der Waals surface area contributed by atoms with Gasteiger partial charge in [0.25, 0.3) is 6.01 Å². The van der Waals surface area contributed by atoms with E-state index in [1.54, 1.807) is 0 Å². The van der Waals surface area contributed by atoms with Crippen LogP contribution in [-0.2, 0) is 0 Å². The number of hydrogen-bond donors (Lipinski definition) is 1. The van der Waals surface area contributed by atoms with E-state index in [9.17, 15) is 8.78 Å². The molecule has 0 bridgehead atoms. The van der Waals surface area contributed by atoms with Crippen molar-refractivity contribution in [3.8, 4) is 0 Å². The molecule has 5 heteroatoms. The third-order valence-corrected chi connectivity index (χ3v) is 2.23. The highest BCUT2D eigenvalue weighted by atomic mass is 19.2. The number of aromatic nitrogens is 1. The number of nitrogens with zero attached hydrogens (tertiary/aromatic N) is 1. The molecule has 1 heterocycles. The molecule has 2 aromatic rings. The van der Waals surface area contributed by atoms with Crippen molar-refractivity contribution in [1.29, 1.82) is 0 Å². The smallest absolute Gasteiger partial charge is 0.293 e. The van der Waals surface area contributed by atoms with Crippen LogP contribution in [-0.4, -0.2) is 4.98 Å². The van der Waals surface area contributed by atoms with E-state index in [1.807, 2.05) is 13.8 Å². The molecule has 0 saturated carbocycles. The van der Waals surface area contributed by atoms with E-state index in [1.165, 1.54) is 0 Å². The van der Waals surface area contributed by atoms with Gasteiger partial charge in [0.05, 0.1) is 0 Å². The maximum Gasteiger partial charge on any atom is 0.293 e. The van der Waals surface area contributed by atoms with Gasteiger partial charge < -0.3 is 10.2 Å². The summed E-state index contributed by atoms with van der Waals surface area (Å²) in [6, 6.07) is 0.973. The molecule has 3 nitrogen and oxygen atoms in total. The lowest BCUT2D eigenvalue weighted by Crippen LogP contribution is -1.94. The average molecular weight is 212 g/mol. The predicted octanol–water partition coefficient (Wildman–Crippen LogP) is 2.81. The number of halogens is 2. The summed E-state index contributed by atoms with van der Waals surface area (Å²) < 4.78 is 31.3. The van der Waals surface area contributed by atoms with Crippen molar-refractivity contribution in [3.63, 3.8) is 0 Å². The first-order chi connectivity index (χ1) is 7.00. The molecule has 0 saturated heterocycles. The summed E-state index contributed by atoms with van der Waals surface area (Å²) in [5, 5.41) is 0. The highest BCUT2D eigenvalue weighted by molar-refractivity contribution is 5.79. The first-order valence-corrected chi connectivity index (χ1v) is 4.54. The van der Waals surface area contributed by atoms with Crippen LogP contribution < -0.4 is 5.73 Å². The molecular weight excluding hydrogens is 202 g/mol. The molecule has 80 valence electrons. The molecule has 0 aliphatic rings. The number of anilines is 1. The van der Waals surface area contributed by atoms with Gasteiger partial charge in [0.2, 0.25) is 5.82 Å². The fourth-order valence-electron chi connectivity index (χ4n) is 1.50. The second-order valence-electron chi connectivity index (χ2n) is 3.65. The first kappa shape index (κ1) is 9.89. The van der Waals surface area contributed by atoms with Crippen molar-refractivity contribution >= 4 is 17.1 Å². The SMILES string of the molecule is CC(C)c1cc(F)c(F)c2oc(N)nc12. The molecule has 2 N–H and O–H groups in total. The lowest BCUT2D eigenvalue weighted by Gasteiger charge is -2.05. The van der Waals surface area contributed by atoms with Crippen LogP contribution in [0.25, 0.3) is 11.1 Å². The molecule has 0 aliphatic heterocycles. The summed E-state index contributed by atoms with van der Waals surface area (Å²) >= 11 is 0. The Labute approximate surface area is 84.9 Å². The third-order valence-electron chi connectivity index (χ3n) is 2.23. The van der Waals surface area contributed by atoms with Crippen molar-refractivity contribution in [2.45, 2.75) is 19.8 Å². The van der Waals surface area contributed by atoms with Crippen molar-refractivity contribution in [2.75, 3.05) is 5.73 Å². The van der Waals surface area contributed by atoms with Gasteiger partial charge in [-0.2, -0.15) is 9.37 Å². The largest absolute Gasteiger partial charge is 0.420 e. The van der Waals surface area contributed by atoms with E-state index in [2.05, 4.69) is 4.98 Å². The van der Waals surface area contributed by atoms with Gasteiger partial charge in [-0.1, -0.05) is 13.8 Å². The van der Waals surface area contributed by atoms with Crippen molar-refractivity contribution in [2.24, 2.45) is 0 Å². The van der Waals surface area contributed by atoms with Gasteiger partial charge in [0, 0.05) is 0 Å². The lowest BCUT2D eigenvalue weighted by molar-refractivity contribution is 0.493. The minimum atomic E-state index is -1.04. The topological polar surface area (TPSA) is 52.0 Å². The Hall–Kier alpha value is -1.65. The lowest BCUT2D eigenvalue weighted by atomic mass is 10.0. The van der Waals surface area contributed by atoms with Crippen LogP contribution in [0.1, 0.15) is 25.3 Å². The summed E-state index contributed by atoms with van der Waals surface area (Å²) in [4.78, 5) is 3.84. The quantitative estimate of drug-likeness (QED) is 0.790.